The summed E-state index contributed by atoms with van der Waals surface area (Å²) in [6.45, 7) is 0.819. The van der Waals surface area contributed by atoms with Crippen LogP contribution in [0.15, 0.2) is 54.7 Å². The molecule has 1 N–H and O–H groups in total. The maximum absolute atomic E-state index is 9.19. The van der Waals surface area contributed by atoms with Gasteiger partial charge < -0.3 is 4.90 Å². The van der Waals surface area contributed by atoms with Gasteiger partial charge in [-0.05, 0) is 30.5 Å². The van der Waals surface area contributed by atoms with Gasteiger partial charge in [0.2, 0.25) is 0 Å². The van der Waals surface area contributed by atoms with Gasteiger partial charge in [0.05, 0.1) is 17.4 Å². The Balaban J connectivity index is 1.58. The molecule has 2 aromatic heterocycles. The average molecular weight is 315 g/mol. The van der Waals surface area contributed by atoms with Crippen LogP contribution in [0.25, 0.3) is 22.5 Å². The van der Waals surface area contributed by atoms with Crippen LogP contribution in [0.1, 0.15) is 24.6 Å². The fourth-order valence-corrected chi connectivity index (χ4v) is 3.20. The second-order valence-corrected chi connectivity index (χ2v) is 5.96. The van der Waals surface area contributed by atoms with Gasteiger partial charge >= 0.3 is 0 Å². The highest BCUT2D eigenvalue weighted by molar-refractivity contribution is 5.65. The molecule has 4 rings (SSSR count). The van der Waals surface area contributed by atoms with Crippen LogP contribution >= 0.6 is 0 Å². The minimum absolute atomic E-state index is 0.111. The standard InChI is InChI=1S/C19H17N5/c20-13-24-10-4-7-19(24)18-11-17(22-23-18)16-9-8-15(12-21-16)14-5-2-1-3-6-14/h1-3,5-6,8-9,11-12,19H,4,7,10H2,(H,22,23). The molecule has 5 heteroatoms. The Hall–Kier alpha value is -3.13. The first-order chi connectivity index (χ1) is 11.8. The number of likely N-dealkylation sites (tertiary alicyclic amines) is 1. The van der Waals surface area contributed by atoms with Crippen molar-refractivity contribution in [2.45, 2.75) is 18.9 Å². The van der Waals surface area contributed by atoms with E-state index in [9.17, 15) is 5.26 Å². The smallest absolute Gasteiger partial charge is 0.179 e. The Morgan fingerprint density at radius 3 is 2.71 bits per heavy atom. The lowest BCUT2D eigenvalue weighted by molar-refractivity contribution is 0.367. The molecule has 0 spiro atoms. The molecule has 1 aliphatic rings. The molecule has 118 valence electrons. The highest BCUT2D eigenvalue weighted by Gasteiger charge is 2.26. The number of nitrogens with zero attached hydrogens (tertiary/aromatic N) is 4. The van der Waals surface area contributed by atoms with Gasteiger partial charge in [0, 0.05) is 18.3 Å². The third-order valence-corrected chi connectivity index (χ3v) is 4.47. The molecule has 1 aromatic carbocycles. The van der Waals surface area contributed by atoms with E-state index in [1.807, 2.05) is 41.4 Å². The number of hydrogen-bond acceptors (Lipinski definition) is 4. The van der Waals surface area contributed by atoms with E-state index in [1.165, 1.54) is 0 Å². The molecule has 0 saturated carbocycles. The van der Waals surface area contributed by atoms with E-state index >= 15 is 0 Å². The van der Waals surface area contributed by atoms with Gasteiger partial charge in [-0.2, -0.15) is 10.4 Å². The van der Waals surface area contributed by atoms with Gasteiger partial charge in [-0.25, -0.2) is 0 Å². The summed E-state index contributed by atoms with van der Waals surface area (Å²) < 4.78 is 0. The molecule has 1 aliphatic heterocycles. The summed E-state index contributed by atoms with van der Waals surface area (Å²) in [6, 6.07) is 16.3. The molecule has 0 amide bonds. The molecule has 0 bridgehead atoms. The minimum atomic E-state index is 0.111. The lowest BCUT2D eigenvalue weighted by Gasteiger charge is -2.15. The predicted octanol–water partition coefficient (Wildman–Crippen LogP) is 3.76. The van der Waals surface area contributed by atoms with E-state index in [0.717, 1.165) is 47.6 Å². The number of aromatic nitrogens is 3. The van der Waals surface area contributed by atoms with Crippen molar-refractivity contribution in [1.29, 1.82) is 5.26 Å². The molecule has 1 saturated heterocycles. The van der Waals surface area contributed by atoms with E-state index < -0.39 is 0 Å². The molecule has 1 fully saturated rings. The fraction of sp³-hybridized carbons (Fsp3) is 0.211. The van der Waals surface area contributed by atoms with Crippen LogP contribution in [0.4, 0.5) is 0 Å². The number of hydrogen-bond donors (Lipinski definition) is 1. The van der Waals surface area contributed by atoms with Gasteiger partial charge in [0.15, 0.2) is 6.19 Å². The van der Waals surface area contributed by atoms with Crippen molar-refractivity contribution in [1.82, 2.24) is 20.1 Å². The lowest BCUT2D eigenvalue weighted by Crippen LogP contribution is -2.17. The minimum Gasteiger partial charge on any atom is -0.302 e. The predicted molar refractivity (Wildman–Crippen MR) is 91.5 cm³/mol. The molecule has 3 aromatic rings. The van der Waals surface area contributed by atoms with E-state index in [0.29, 0.717) is 0 Å². The van der Waals surface area contributed by atoms with Crippen molar-refractivity contribution in [2.75, 3.05) is 6.54 Å². The van der Waals surface area contributed by atoms with E-state index in [2.05, 4.69) is 39.6 Å². The van der Waals surface area contributed by atoms with E-state index in [1.54, 1.807) is 0 Å². The number of aromatic amines is 1. The third-order valence-electron chi connectivity index (χ3n) is 4.47. The van der Waals surface area contributed by atoms with E-state index in [-0.39, 0.29) is 6.04 Å². The largest absolute Gasteiger partial charge is 0.302 e. The molecule has 1 atom stereocenters. The zero-order chi connectivity index (χ0) is 16.4. The number of H-pyrrole nitrogens is 1. The van der Waals surface area contributed by atoms with Crippen molar-refractivity contribution in [3.63, 3.8) is 0 Å². The zero-order valence-electron chi connectivity index (χ0n) is 13.2. The molecular formula is C19H17N5. The summed E-state index contributed by atoms with van der Waals surface area (Å²) in [4.78, 5) is 6.35. The second-order valence-electron chi connectivity index (χ2n) is 5.96. The Morgan fingerprint density at radius 1 is 1.08 bits per heavy atom. The first-order valence-electron chi connectivity index (χ1n) is 8.08. The molecule has 24 heavy (non-hydrogen) atoms. The molecule has 5 nitrogen and oxygen atoms in total. The van der Waals surface area contributed by atoms with Crippen LogP contribution in [0.2, 0.25) is 0 Å². The lowest BCUT2D eigenvalue weighted by atomic mass is 10.1. The van der Waals surface area contributed by atoms with Crippen LogP contribution in [-0.2, 0) is 0 Å². The van der Waals surface area contributed by atoms with Crippen molar-refractivity contribution in [3.8, 4) is 28.7 Å². The molecule has 0 aliphatic carbocycles. The average Bonchev–Trinajstić information content (AvgIpc) is 3.31. The highest BCUT2D eigenvalue weighted by atomic mass is 15.2. The summed E-state index contributed by atoms with van der Waals surface area (Å²) in [5.41, 5.74) is 4.86. The summed E-state index contributed by atoms with van der Waals surface area (Å²) in [6.07, 6.45) is 6.15. The Kier molecular flexibility index (Phi) is 3.72. The van der Waals surface area contributed by atoms with Gasteiger partial charge in [0.25, 0.3) is 0 Å². The number of benzene rings is 1. The Bertz CT molecular complexity index is 861. The third kappa shape index (κ3) is 2.63. The Labute approximate surface area is 140 Å². The van der Waals surface area contributed by atoms with Crippen molar-refractivity contribution in [3.05, 3.63) is 60.4 Å². The first kappa shape index (κ1) is 14.5. The van der Waals surface area contributed by atoms with Crippen LogP contribution in [-0.4, -0.2) is 26.6 Å². The summed E-state index contributed by atoms with van der Waals surface area (Å²) in [7, 11) is 0. The Morgan fingerprint density at radius 2 is 1.96 bits per heavy atom. The molecule has 3 heterocycles. The number of pyridine rings is 1. The monoisotopic (exact) mass is 315 g/mol. The van der Waals surface area contributed by atoms with Crippen molar-refractivity contribution < 1.29 is 0 Å². The van der Waals surface area contributed by atoms with E-state index in [4.69, 9.17) is 0 Å². The fourth-order valence-electron chi connectivity index (χ4n) is 3.20. The summed E-state index contributed by atoms with van der Waals surface area (Å²) >= 11 is 0. The maximum atomic E-state index is 9.19. The summed E-state index contributed by atoms with van der Waals surface area (Å²) in [5, 5.41) is 16.6. The molecule has 1 unspecified atom stereocenters. The van der Waals surface area contributed by atoms with Crippen molar-refractivity contribution in [2.24, 2.45) is 0 Å². The summed E-state index contributed by atoms with van der Waals surface area (Å²) in [5.74, 6) is 0. The quantitative estimate of drug-likeness (QED) is 0.747. The molecule has 0 radical (unpaired) electrons. The zero-order valence-corrected chi connectivity index (χ0v) is 13.2. The number of nitriles is 1. The normalized spacial score (nSPS) is 17.0. The molecular weight excluding hydrogens is 298 g/mol. The van der Waals surface area contributed by atoms with Gasteiger partial charge in [0.1, 0.15) is 5.69 Å². The van der Waals surface area contributed by atoms with Crippen LogP contribution in [0, 0.1) is 11.5 Å². The van der Waals surface area contributed by atoms with Crippen LogP contribution < -0.4 is 0 Å². The number of rotatable bonds is 3. The maximum Gasteiger partial charge on any atom is 0.179 e. The highest BCUT2D eigenvalue weighted by Crippen LogP contribution is 2.31. The van der Waals surface area contributed by atoms with Crippen LogP contribution in [0.5, 0.6) is 0 Å². The first-order valence-corrected chi connectivity index (χ1v) is 8.08. The van der Waals surface area contributed by atoms with Gasteiger partial charge in [-0.3, -0.25) is 10.1 Å². The second kappa shape index (κ2) is 6.17. The van der Waals surface area contributed by atoms with Crippen LogP contribution in [0.3, 0.4) is 0 Å². The topological polar surface area (TPSA) is 68.6 Å². The SMILES string of the molecule is N#CN1CCCC1c1cc(-c2ccc(-c3ccccc3)cn2)n[nH]1. The van der Waals surface area contributed by atoms with Crippen molar-refractivity contribution >= 4 is 0 Å². The van der Waals surface area contributed by atoms with Gasteiger partial charge in [-0.15, -0.1) is 0 Å². The van der Waals surface area contributed by atoms with Gasteiger partial charge in [-0.1, -0.05) is 36.4 Å². The number of nitrogens with one attached hydrogen (secondary N) is 1.